The molecule has 0 fully saturated rings. The predicted octanol–water partition coefficient (Wildman–Crippen LogP) is 1.98. The molecule has 1 N–H and O–H groups in total. The highest BCUT2D eigenvalue weighted by molar-refractivity contribution is 6.03. The molecule has 0 saturated carbocycles. The van der Waals surface area contributed by atoms with E-state index >= 15 is 0 Å². The molecule has 0 saturated heterocycles. The summed E-state index contributed by atoms with van der Waals surface area (Å²) < 4.78 is 30.3. The Morgan fingerprint density at radius 1 is 1.39 bits per heavy atom. The van der Waals surface area contributed by atoms with Crippen molar-refractivity contribution < 1.29 is 18.3 Å². The Kier molecular flexibility index (Phi) is 5.05. The first-order chi connectivity index (χ1) is 10.9. The van der Waals surface area contributed by atoms with Gasteiger partial charge in [-0.15, -0.1) is 0 Å². The molecule has 8 heteroatoms. The molecule has 23 heavy (non-hydrogen) atoms. The first-order valence-electron chi connectivity index (χ1n) is 6.74. The largest absolute Gasteiger partial charge is 0.472 e. The number of aromatic nitrogens is 2. The van der Waals surface area contributed by atoms with Crippen LogP contribution in [-0.2, 0) is 7.05 Å². The van der Waals surface area contributed by atoms with E-state index in [2.05, 4.69) is 10.3 Å². The van der Waals surface area contributed by atoms with Crippen LogP contribution in [0.4, 0.5) is 14.5 Å². The Bertz CT molecular complexity index is 775. The highest BCUT2D eigenvalue weighted by Crippen LogP contribution is 2.12. The van der Waals surface area contributed by atoms with E-state index in [0.29, 0.717) is 5.56 Å². The molecule has 0 unspecified atom stereocenters. The van der Waals surface area contributed by atoms with Crippen LogP contribution < -0.4 is 15.6 Å². The Hall–Kier alpha value is -2.77. The second-order valence-corrected chi connectivity index (χ2v) is 4.81. The van der Waals surface area contributed by atoms with Gasteiger partial charge in [0.25, 0.3) is 17.9 Å². The van der Waals surface area contributed by atoms with E-state index in [-0.39, 0.29) is 22.8 Å². The van der Waals surface area contributed by atoms with Crippen LogP contribution in [0.5, 0.6) is 5.88 Å². The minimum absolute atomic E-state index is 0.0397. The van der Waals surface area contributed by atoms with Gasteiger partial charge in [-0.3, -0.25) is 9.59 Å². The van der Waals surface area contributed by atoms with Gasteiger partial charge in [-0.25, -0.2) is 13.8 Å². The number of rotatable bonds is 5. The van der Waals surface area contributed by atoms with Gasteiger partial charge >= 0.3 is 0 Å². The number of carbonyl (C=O) groups excluding carboxylic acids is 1. The van der Waals surface area contributed by atoms with Crippen molar-refractivity contribution in [3.05, 3.63) is 52.1 Å². The van der Waals surface area contributed by atoms with Crippen molar-refractivity contribution in [3.8, 4) is 5.88 Å². The lowest BCUT2D eigenvalue weighted by Crippen LogP contribution is -2.25. The summed E-state index contributed by atoms with van der Waals surface area (Å²) in [5.74, 6) is -0.713. The number of halogens is 2. The third-order valence-electron chi connectivity index (χ3n) is 3.03. The summed E-state index contributed by atoms with van der Waals surface area (Å²) in [6.45, 7) is 0.878. The van der Waals surface area contributed by atoms with E-state index in [4.69, 9.17) is 4.74 Å². The average Bonchev–Trinajstić information content (AvgIpc) is 2.53. The normalized spacial score (nSPS) is 10.7. The lowest BCUT2D eigenvalue weighted by molar-refractivity contribution is 0.0794. The molecular formula is C15H15F2N3O3. The number of anilines is 1. The number of hydrogen-bond donors (Lipinski definition) is 1. The minimum atomic E-state index is -2.63. The zero-order chi connectivity index (χ0) is 17.0. The quantitative estimate of drug-likeness (QED) is 0.913. The molecular weight excluding hydrogens is 308 g/mol. The lowest BCUT2D eigenvalue weighted by Gasteiger charge is -2.10. The van der Waals surface area contributed by atoms with Crippen LogP contribution in [0.1, 0.15) is 16.1 Å². The van der Waals surface area contributed by atoms with Crippen molar-refractivity contribution in [2.24, 2.45) is 7.05 Å². The van der Waals surface area contributed by atoms with Gasteiger partial charge in [0.1, 0.15) is 11.4 Å². The van der Waals surface area contributed by atoms with Gasteiger partial charge in [0, 0.05) is 19.3 Å². The number of ether oxygens (including phenoxy) is 1. The van der Waals surface area contributed by atoms with Crippen molar-refractivity contribution in [2.45, 2.75) is 13.3 Å². The number of carbonyl (C=O) groups is 1. The minimum Gasteiger partial charge on any atom is -0.472 e. The van der Waals surface area contributed by atoms with Crippen molar-refractivity contribution >= 4 is 11.6 Å². The molecule has 0 aromatic carbocycles. The summed E-state index contributed by atoms with van der Waals surface area (Å²) in [4.78, 5) is 28.1. The Morgan fingerprint density at radius 2 is 2.13 bits per heavy atom. The number of alkyl halides is 2. The van der Waals surface area contributed by atoms with Gasteiger partial charge in [-0.1, -0.05) is 6.07 Å². The monoisotopic (exact) mass is 323 g/mol. The number of aryl methyl sites for hydroxylation is 2. The summed E-state index contributed by atoms with van der Waals surface area (Å²) in [5.41, 5.74) is 0.345. The second-order valence-electron chi connectivity index (χ2n) is 4.81. The summed E-state index contributed by atoms with van der Waals surface area (Å²) in [6.07, 6.45) is -1.05. The fraction of sp³-hybridized carbons (Fsp3) is 0.267. The molecule has 2 aromatic rings. The van der Waals surface area contributed by atoms with E-state index in [1.165, 1.54) is 22.8 Å². The molecule has 2 aromatic heterocycles. The molecule has 0 aliphatic rings. The average molecular weight is 323 g/mol. The molecule has 6 nitrogen and oxygen atoms in total. The van der Waals surface area contributed by atoms with Gasteiger partial charge in [-0.2, -0.15) is 0 Å². The molecule has 122 valence electrons. The molecule has 0 aliphatic carbocycles. The topological polar surface area (TPSA) is 73.2 Å². The third-order valence-corrected chi connectivity index (χ3v) is 3.03. The van der Waals surface area contributed by atoms with Gasteiger partial charge in [0.2, 0.25) is 5.88 Å². The standard InChI is InChI=1S/C15H15F2N3O3/c1-9-6-7-20(2)15(22)13(9)19-14(21)10-4-3-5-12(18-10)23-8-11(16)17/h3-7,11H,8H2,1-2H3,(H,19,21). The van der Waals surface area contributed by atoms with Crippen LogP contribution >= 0.6 is 0 Å². The van der Waals surface area contributed by atoms with Crippen molar-refractivity contribution in [1.29, 1.82) is 0 Å². The molecule has 0 bridgehead atoms. The van der Waals surface area contributed by atoms with Crippen LogP contribution in [0, 0.1) is 6.92 Å². The molecule has 1 amide bonds. The first-order valence-corrected chi connectivity index (χ1v) is 6.74. The second kappa shape index (κ2) is 6.99. The smallest absolute Gasteiger partial charge is 0.274 e. The van der Waals surface area contributed by atoms with E-state index in [0.717, 1.165) is 0 Å². The maximum absolute atomic E-state index is 12.2. The summed E-state index contributed by atoms with van der Waals surface area (Å²) in [6, 6.07) is 5.91. The van der Waals surface area contributed by atoms with Gasteiger partial charge in [-0.05, 0) is 24.6 Å². The lowest BCUT2D eigenvalue weighted by atomic mass is 10.2. The number of amides is 1. The van der Waals surface area contributed by atoms with Crippen LogP contribution in [0.15, 0.2) is 35.3 Å². The van der Waals surface area contributed by atoms with Crippen molar-refractivity contribution in [3.63, 3.8) is 0 Å². The molecule has 0 aliphatic heterocycles. The molecule has 0 radical (unpaired) electrons. The number of pyridine rings is 2. The SMILES string of the molecule is Cc1ccn(C)c(=O)c1NC(=O)c1cccc(OCC(F)F)n1. The Labute approximate surface area is 130 Å². The van der Waals surface area contributed by atoms with E-state index < -0.39 is 18.9 Å². The van der Waals surface area contributed by atoms with Crippen LogP contribution in [0.3, 0.4) is 0 Å². The molecule has 0 atom stereocenters. The van der Waals surface area contributed by atoms with E-state index in [1.54, 1.807) is 26.2 Å². The highest BCUT2D eigenvalue weighted by Gasteiger charge is 2.14. The van der Waals surface area contributed by atoms with Crippen LogP contribution in [-0.4, -0.2) is 28.5 Å². The third kappa shape index (κ3) is 4.12. The van der Waals surface area contributed by atoms with Gasteiger partial charge < -0.3 is 14.6 Å². The van der Waals surface area contributed by atoms with Crippen molar-refractivity contribution in [2.75, 3.05) is 11.9 Å². The molecule has 0 spiro atoms. The number of nitrogens with zero attached hydrogens (tertiary/aromatic N) is 2. The molecule has 2 rings (SSSR count). The zero-order valence-corrected chi connectivity index (χ0v) is 12.5. The van der Waals surface area contributed by atoms with Crippen molar-refractivity contribution in [1.82, 2.24) is 9.55 Å². The highest BCUT2D eigenvalue weighted by atomic mass is 19.3. The van der Waals surface area contributed by atoms with Crippen LogP contribution in [0.2, 0.25) is 0 Å². The first kappa shape index (κ1) is 16.6. The maximum Gasteiger partial charge on any atom is 0.274 e. The number of nitrogens with one attached hydrogen (secondary N) is 1. The molecule has 2 heterocycles. The van der Waals surface area contributed by atoms with E-state index in [9.17, 15) is 18.4 Å². The van der Waals surface area contributed by atoms with E-state index in [1.807, 2.05) is 0 Å². The number of hydrogen-bond acceptors (Lipinski definition) is 4. The Morgan fingerprint density at radius 3 is 2.83 bits per heavy atom. The van der Waals surface area contributed by atoms with Gasteiger partial charge in [0.05, 0.1) is 0 Å². The summed E-state index contributed by atoms with van der Waals surface area (Å²) >= 11 is 0. The summed E-state index contributed by atoms with van der Waals surface area (Å²) in [7, 11) is 1.56. The summed E-state index contributed by atoms with van der Waals surface area (Å²) in [5, 5.41) is 2.49. The zero-order valence-electron chi connectivity index (χ0n) is 12.5. The fourth-order valence-corrected chi connectivity index (χ4v) is 1.82. The van der Waals surface area contributed by atoms with Crippen LogP contribution in [0.25, 0.3) is 0 Å². The fourth-order valence-electron chi connectivity index (χ4n) is 1.82. The van der Waals surface area contributed by atoms with Gasteiger partial charge in [0.15, 0.2) is 6.61 Å². The predicted molar refractivity (Wildman–Crippen MR) is 80.1 cm³/mol. The Balaban J connectivity index is 2.20. The maximum atomic E-state index is 12.2.